The molecule has 0 bridgehead atoms. The Morgan fingerprint density at radius 3 is 2.77 bits per heavy atom. The number of likely N-dealkylation sites (tertiary alicyclic amines) is 1. The molecule has 0 radical (unpaired) electrons. The number of amides is 2. The maximum atomic E-state index is 12.4. The minimum absolute atomic E-state index is 0.0824. The highest BCUT2D eigenvalue weighted by atomic mass is 16.2. The van der Waals surface area contributed by atoms with Gasteiger partial charge in [0.25, 0.3) is 0 Å². The maximum Gasteiger partial charge on any atom is 0.246 e. The van der Waals surface area contributed by atoms with Gasteiger partial charge >= 0.3 is 0 Å². The Bertz CT molecular complexity index is 646. The maximum absolute atomic E-state index is 12.4. The smallest absolute Gasteiger partial charge is 0.246 e. The van der Waals surface area contributed by atoms with Crippen molar-refractivity contribution in [1.29, 1.82) is 5.26 Å². The second-order valence-corrected chi connectivity index (χ2v) is 5.55. The molecule has 0 saturated carbocycles. The molecular formula is C17H19N3O2. The molecule has 1 aromatic rings. The van der Waals surface area contributed by atoms with E-state index in [1.54, 1.807) is 29.2 Å². The largest absolute Gasteiger partial charge is 0.369 e. The minimum atomic E-state index is -0.358. The van der Waals surface area contributed by atoms with E-state index in [1.165, 1.54) is 6.08 Å². The number of carbonyl (C=O) groups is 2. The van der Waals surface area contributed by atoms with Crippen molar-refractivity contribution in [2.45, 2.75) is 25.8 Å². The first-order chi connectivity index (χ1) is 10.5. The van der Waals surface area contributed by atoms with Crippen LogP contribution >= 0.6 is 0 Å². The summed E-state index contributed by atoms with van der Waals surface area (Å²) in [6.07, 6.45) is 4.58. The van der Waals surface area contributed by atoms with Crippen LogP contribution in [0.4, 0.5) is 0 Å². The number of hydrogen-bond donors (Lipinski definition) is 1. The molecule has 2 atom stereocenters. The van der Waals surface area contributed by atoms with Gasteiger partial charge in [-0.25, -0.2) is 0 Å². The molecule has 1 aliphatic heterocycles. The number of primary amides is 1. The molecule has 114 valence electrons. The average Bonchev–Trinajstić information content (AvgIpc) is 2.53. The van der Waals surface area contributed by atoms with Crippen LogP contribution in [-0.2, 0) is 9.59 Å². The van der Waals surface area contributed by atoms with Crippen LogP contribution < -0.4 is 5.73 Å². The van der Waals surface area contributed by atoms with Gasteiger partial charge in [0.1, 0.15) is 0 Å². The molecule has 1 saturated heterocycles. The van der Waals surface area contributed by atoms with Gasteiger partial charge in [0, 0.05) is 18.7 Å². The molecule has 2 amide bonds. The van der Waals surface area contributed by atoms with E-state index in [0.717, 1.165) is 12.8 Å². The van der Waals surface area contributed by atoms with Crippen LogP contribution in [0.25, 0.3) is 6.08 Å². The standard InChI is InChI=1S/C17H19N3O2/c1-12-6-7-15(17(19)22)11-20(12)16(21)9-8-13-4-2-3-5-14(13)10-18/h2-5,8-9,12,15H,6-7,11H2,1H3,(H2,19,22). The summed E-state index contributed by atoms with van der Waals surface area (Å²) in [6.45, 7) is 2.33. The van der Waals surface area contributed by atoms with Crippen molar-refractivity contribution in [1.82, 2.24) is 4.90 Å². The minimum Gasteiger partial charge on any atom is -0.369 e. The van der Waals surface area contributed by atoms with Gasteiger partial charge < -0.3 is 10.6 Å². The first-order valence-corrected chi connectivity index (χ1v) is 7.30. The van der Waals surface area contributed by atoms with Crippen molar-refractivity contribution < 1.29 is 9.59 Å². The number of rotatable bonds is 3. The zero-order valence-corrected chi connectivity index (χ0v) is 12.5. The molecule has 5 heteroatoms. The van der Waals surface area contributed by atoms with Crippen molar-refractivity contribution in [3.05, 3.63) is 41.5 Å². The van der Waals surface area contributed by atoms with E-state index in [-0.39, 0.29) is 23.8 Å². The van der Waals surface area contributed by atoms with Gasteiger partial charge in [-0.05, 0) is 37.5 Å². The number of hydrogen-bond acceptors (Lipinski definition) is 3. The van der Waals surface area contributed by atoms with Gasteiger partial charge in [-0.2, -0.15) is 5.26 Å². The Morgan fingerprint density at radius 2 is 2.09 bits per heavy atom. The second-order valence-electron chi connectivity index (χ2n) is 5.55. The molecular weight excluding hydrogens is 278 g/mol. The molecule has 0 spiro atoms. The number of nitrogens with zero attached hydrogens (tertiary/aromatic N) is 2. The van der Waals surface area contributed by atoms with Crippen LogP contribution in [0.15, 0.2) is 30.3 Å². The highest BCUT2D eigenvalue weighted by molar-refractivity contribution is 5.93. The van der Waals surface area contributed by atoms with E-state index in [1.807, 2.05) is 13.0 Å². The van der Waals surface area contributed by atoms with Crippen molar-refractivity contribution >= 4 is 17.9 Å². The van der Waals surface area contributed by atoms with Crippen LogP contribution in [0.1, 0.15) is 30.9 Å². The van der Waals surface area contributed by atoms with Gasteiger partial charge in [0.15, 0.2) is 0 Å². The Balaban J connectivity index is 2.12. The first-order valence-electron chi connectivity index (χ1n) is 7.30. The van der Waals surface area contributed by atoms with Crippen LogP contribution in [-0.4, -0.2) is 29.3 Å². The molecule has 1 aromatic carbocycles. The predicted octanol–water partition coefficient (Wildman–Crippen LogP) is 1.68. The number of piperidine rings is 1. The molecule has 2 N–H and O–H groups in total. The van der Waals surface area contributed by atoms with E-state index in [0.29, 0.717) is 17.7 Å². The highest BCUT2D eigenvalue weighted by Crippen LogP contribution is 2.22. The SMILES string of the molecule is CC1CCC(C(N)=O)CN1C(=O)C=Cc1ccccc1C#N. The van der Waals surface area contributed by atoms with E-state index in [9.17, 15) is 9.59 Å². The third-order valence-corrected chi connectivity index (χ3v) is 4.05. The summed E-state index contributed by atoms with van der Waals surface area (Å²) in [4.78, 5) is 25.3. The molecule has 0 aliphatic carbocycles. The van der Waals surface area contributed by atoms with Crippen LogP contribution in [0.5, 0.6) is 0 Å². The normalized spacial score (nSPS) is 21.5. The Kier molecular flexibility index (Phi) is 4.95. The van der Waals surface area contributed by atoms with E-state index in [2.05, 4.69) is 6.07 Å². The third-order valence-electron chi connectivity index (χ3n) is 4.05. The monoisotopic (exact) mass is 297 g/mol. The topological polar surface area (TPSA) is 87.2 Å². The van der Waals surface area contributed by atoms with Crippen molar-refractivity contribution in [3.8, 4) is 6.07 Å². The second kappa shape index (κ2) is 6.90. The fourth-order valence-electron chi connectivity index (χ4n) is 2.65. The fourth-order valence-corrected chi connectivity index (χ4v) is 2.65. The van der Waals surface area contributed by atoms with Crippen molar-refractivity contribution in [2.24, 2.45) is 11.7 Å². The Hall–Kier alpha value is -2.61. The predicted molar refractivity (Wildman–Crippen MR) is 83.3 cm³/mol. The van der Waals surface area contributed by atoms with Gasteiger partial charge in [-0.3, -0.25) is 9.59 Å². The molecule has 2 unspecified atom stereocenters. The molecule has 5 nitrogen and oxygen atoms in total. The number of nitriles is 1. The first kappa shape index (κ1) is 15.8. The van der Waals surface area contributed by atoms with Crippen molar-refractivity contribution in [2.75, 3.05) is 6.54 Å². The molecule has 0 aromatic heterocycles. The van der Waals surface area contributed by atoms with Crippen LogP contribution in [0, 0.1) is 17.2 Å². The summed E-state index contributed by atoms with van der Waals surface area (Å²) < 4.78 is 0. The summed E-state index contributed by atoms with van der Waals surface area (Å²) in [5.74, 6) is -0.797. The quantitative estimate of drug-likeness (QED) is 0.861. The van der Waals surface area contributed by atoms with Crippen LogP contribution in [0.3, 0.4) is 0 Å². The molecule has 1 heterocycles. The zero-order valence-electron chi connectivity index (χ0n) is 12.5. The van der Waals surface area contributed by atoms with Gasteiger partial charge in [0.2, 0.25) is 11.8 Å². The lowest BCUT2D eigenvalue weighted by Gasteiger charge is -2.36. The van der Waals surface area contributed by atoms with E-state index < -0.39 is 0 Å². The number of nitrogens with two attached hydrogens (primary N) is 1. The van der Waals surface area contributed by atoms with Gasteiger partial charge in [0.05, 0.1) is 17.6 Å². The molecule has 2 rings (SSSR count). The zero-order chi connectivity index (χ0) is 16.1. The van der Waals surface area contributed by atoms with Crippen LogP contribution in [0.2, 0.25) is 0 Å². The molecule has 22 heavy (non-hydrogen) atoms. The fraction of sp³-hybridized carbons (Fsp3) is 0.353. The summed E-state index contributed by atoms with van der Waals surface area (Å²) in [5, 5.41) is 9.04. The third kappa shape index (κ3) is 3.53. The van der Waals surface area contributed by atoms with Gasteiger partial charge in [-0.15, -0.1) is 0 Å². The highest BCUT2D eigenvalue weighted by Gasteiger charge is 2.30. The Labute approximate surface area is 130 Å². The number of carbonyl (C=O) groups excluding carboxylic acids is 2. The lowest BCUT2D eigenvalue weighted by Crippen LogP contribution is -2.48. The lowest BCUT2D eigenvalue weighted by molar-refractivity contribution is -0.133. The summed E-state index contributed by atoms with van der Waals surface area (Å²) >= 11 is 0. The Morgan fingerprint density at radius 1 is 1.36 bits per heavy atom. The summed E-state index contributed by atoms with van der Waals surface area (Å²) in [6, 6.07) is 9.26. The average molecular weight is 297 g/mol. The summed E-state index contributed by atoms with van der Waals surface area (Å²) in [7, 11) is 0. The molecule has 1 aliphatic rings. The summed E-state index contributed by atoms with van der Waals surface area (Å²) in [5.41, 5.74) is 6.57. The van der Waals surface area contributed by atoms with Crippen molar-refractivity contribution in [3.63, 3.8) is 0 Å². The molecule has 1 fully saturated rings. The lowest BCUT2D eigenvalue weighted by atomic mass is 9.93. The van der Waals surface area contributed by atoms with Gasteiger partial charge in [-0.1, -0.05) is 18.2 Å². The van der Waals surface area contributed by atoms with E-state index >= 15 is 0 Å². The van der Waals surface area contributed by atoms with E-state index in [4.69, 9.17) is 11.0 Å². The number of benzene rings is 1.